The van der Waals surface area contributed by atoms with E-state index in [1.807, 2.05) is 30.3 Å². The van der Waals surface area contributed by atoms with Gasteiger partial charge < -0.3 is 10.4 Å². The number of nitrogens with one attached hydrogen (secondary N) is 1. The summed E-state index contributed by atoms with van der Waals surface area (Å²) >= 11 is 0. The minimum Gasteiger partial charge on any atom is -0.391 e. The molecule has 2 aliphatic rings. The number of anilines is 1. The Morgan fingerprint density at radius 3 is 2.12 bits per heavy atom. The lowest BCUT2D eigenvalue weighted by Gasteiger charge is -2.38. The van der Waals surface area contributed by atoms with Gasteiger partial charge in [0.15, 0.2) is 0 Å². The smallest absolute Gasteiger partial charge is 0.261 e. The number of imide groups is 1. The fraction of sp³-hybridized carbons (Fsp3) is 0.300. The minimum atomic E-state index is -0.684. The summed E-state index contributed by atoms with van der Waals surface area (Å²) in [5, 5.41) is 13.9. The van der Waals surface area contributed by atoms with Crippen molar-refractivity contribution in [2.24, 2.45) is 0 Å². The van der Waals surface area contributed by atoms with Gasteiger partial charge in [0.1, 0.15) is 0 Å². The largest absolute Gasteiger partial charge is 0.391 e. The molecule has 0 saturated heterocycles. The number of amides is 2. The van der Waals surface area contributed by atoms with E-state index in [0.29, 0.717) is 24.0 Å². The van der Waals surface area contributed by atoms with Crippen molar-refractivity contribution in [2.45, 2.75) is 37.5 Å². The molecule has 2 amide bonds. The Bertz CT molecular complexity index is 771. The van der Waals surface area contributed by atoms with E-state index in [2.05, 4.69) is 5.32 Å². The molecule has 2 aromatic rings. The summed E-state index contributed by atoms with van der Waals surface area (Å²) in [7, 11) is 0. The number of para-hydroxylation sites is 1. The van der Waals surface area contributed by atoms with Crippen molar-refractivity contribution in [3.63, 3.8) is 0 Å². The van der Waals surface area contributed by atoms with Gasteiger partial charge in [-0.1, -0.05) is 30.3 Å². The summed E-state index contributed by atoms with van der Waals surface area (Å²) in [6.07, 6.45) is 1.22. The second kappa shape index (κ2) is 6.33. The molecule has 4 rings (SSSR count). The van der Waals surface area contributed by atoms with Crippen LogP contribution in [0.15, 0.2) is 54.6 Å². The fourth-order valence-electron chi connectivity index (χ4n) is 3.82. The van der Waals surface area contributed by atoms with E-state index < -0.39 is 12.1 Å². The zero-order valence-electron chi connectivity index (χ0n) is 13.8. The number of fused-ring (bicyclic) bond motifs is 1. The molecule has 1 heterocycles. The molecule has 5 heteroatoms. The molecule has 1 aliphatic carbocycles. The first-order chi connectivity index (χ1) is 12.1. The fourth-order valence-corrected chi connectivity index (χ4v) is 3.82. The van der Waals surface area contributed by atoms with Crippen LogP contribution in [-0.4, -0.2) is 40.0 Å². The number of hydrogen-bond acceptors (Lipinski definition) is 4. The molecule has 1 aliphatic heterocycles. The van der Waals surface area contributed by atoms with Gasteiger partial charge in [0.2, 0.25) is 0 Å². The molecule has 0 unspecified atom stereocenters. The van der Waals surface area contributed by atoms with Crippen LogP contribution in [0.2, 0.25) is 0 Å². The molecule has 1 saturated carbocycles. The molecule has 1 fully saturated rings. The number of aliphatic hydroxyl groups excluding tert-OH is 1. The van der Waals surface area contributed by atoms with Gasteiger partial charge >= 0.3 is 0 Å². The first-order valence-corrected chi connectivity index (χ1v) is 8.61. The molecule has 3 atom stereocenters. The van der Waals surface area contributed by atoms with Gasteiger partial charge in [-0.25, -0.2) is 0 Å². The van der Waals surface area contributed by atoms with Crippen LogP contribution in [-0.2, 0) is 0 Å². The van der Waals surface area contributed by atoms with E-state index in [1.54, 1.807) is 24.3 Å². The molecule has 5 nitrogen and oxygen atoms in total. The standard InChI is InChI=1S/C20H20N2O3/c23-18-11-10-14(21-13-6-2-1-3-7-13)12-17(18)22-19(24)15-8-4-5-9-16(15)20(22)25/h1-9,14,17-18,21,23H,10-12H2/t14-,17+,18+/m0/s1. The van der Waals surface area contributed by atoms with Crippen LogP contribution in [0.25, 0.3) is 0 Å². The highest BCUT2D eigenvalue weighted by atomic mass is 16.3. The zero-order chi connectivity index (χ0) is 17.4. The SMILES string of the molecule is O=C1c2ccccc2C(=O)N1[C@@H]1C[C@@H](Nc2ccccc2)CC[C@H]1O. The summed E-state index contributed by atoms with van der Waals surface area (Å²) in [6, 6.07) is 16.3. The highest BCUT2D eigenvalue weighted by molar-refractivity contribution is 6.21. The van der Waals surface area contributed by atoms with Crippen LogP contribution in [0.4, 0.5) is 5.69 Å². The van der Waals surface area contributed by atoms with Gasteiger partial charge in [-0.3, -0.25) is 14.5 Å². The lowest BCUT2D eigenvalue weighted by Crippen LogP contribution is -2.52. The molecule has 0 bridgehead atoms. The van der Waals surface area contributed by atoms with Gasteiger partial charge in [-0.2, -0.15) is 0 Å². The summed E-state index contributed by atoms with van der Waals surface area (Å²) < 4.78 is 0. The average molecular weight is 336 g/mol. The second-order valence-corrected chi connectivity index (χ2v) is 6.68. The third kappa shape index (κ3) is 2.81. The Morgan fingerprint density at radius 1 is 0.880 bits per heavy atom. The number of nitrogens with zero attached hydrogens (tertiary/aromatic N) is 1. The third-order valence-corrected chi connectivity index (χ3v) is 5.08. The first-order valence-electron chi connectivity index (χ1n) is 8.61. The number of carbonyl (C=O) groups excluding carboxylic acids is 2. The third-order valence-electron chi connectivity index (χ3n) is 5.08. The molecule has 2 N–H and O–H groups in total. The molecular formula is C20H20N2O3. The maximum absolute atomic E-state index is 12.7. The Balaban J connectivity index is 1.55. The van der Waals surface area contributed by atoms with Gasteiger partial charge in [0.05, 0.1) is 23.3 Å². The summed E-state index contributed by atoms with van der Waals surface area (Å²) in [5.41, 5.74) is 1.86. The number of rotatable bonds is 3. The van der Waals surface area contributed by atoms with Crippen LogP contribution < -0.4 is 5.32 Å². The highest BCUT2D eigenvalue weighted by Gasteiger charge is 2.44. The molecule has 25 heavy (non-hydrogen) atoms. The molecule has 0 spiro atoms. The number of benzene rings is 2. The van der Waals surface area contributed by atoms with Crippen LogP contribution in [0.1, 0.15) is 40.0 Å². The lowest BCUT2D eigenvalue weighted by molar-refractivity contribution is 0.0185. The first kappa shape index (κ1) is 15.8. The Kier molecular flexibility index (Phi) is 4.01. The van der Waals surface area contributed by atoms with Crippen molar-refractivity contribution in [2.75, 3.05) is 5.32 Å². The quantitative estimate of drug-likeness (QED) is 0.846. The minimum absolute atomic E-state index is 0.111. The maximum Gasteiger partial charge on any atom is 0.261 e. The maximum atomic E-state index is 12.7. The van der Waals surface area contributed by atoms with E-state index in [4.69, 9.17) is 0 Å². The number of carbonyl (C=O) groups is 2. The van der Waals surface area contributed by atoms with Crippen LogP contribution in [0.3, 0.4) is 0 Å². The summed E-state index contributed by atoms with van der Waals surface area (Å²) in [6.45, 7) is 0. The van der Waals surface area contributed by atoms with Crippen molar-refractivity contribution < 1.29 is 14.7 Å². The Labute approximate surface area is 146 Å². The van der Waals surface area contributed by atoms with E-state index in [-0.39, 0.29) is 17.9 Å². The van der Waals surface area contributed by atoms with Crippen molar-refractivity contribution in [3.8, 4) is 0 Å². The van der Waals surface area contributed by atoms with Gasteiger partial charge in [0, 0.05) is 11.7 Å². The van der Waals surface area contributed by atoms with Crippen molar-refractivity contribution in [1.29, 1.82) is 0 Å². The highest BCUT2D eigenvalue weighted by Crippen LogP contribution is 2.32. The van der Waals surface area contributed by atoms with Gasteiger partial charge in [-0.05, 0) is 43.5 Å². The lowest BCUT2D eigenvalue weighted by atomic mass is 9.87. The average Bonchev–Trinajstić information content (AvgIpc) is 2.89. The van der Waals surface area contributed by atoms with E-state index in [9.17, 15) is 14.7 Å². The number of aliphatic hydroxyl groups is 1. The van der Waals surface area contributed by atoms with Gasteiger partial charge in [-0.15, -0.1) is 0 Å². The second-order valence-electron chi connectivity index (χ2n) is 6.68. The predicted octanol–water partition coefficient (Wildman–Crippen LogP) is 2.68. The molecule has 0 radical (unpaired) electrons. The Hall–Kier alpha value is -2.66. The zero-order valence-corrected chi connectivity index (χ0v) is 13.8. The van der Waals surface area contributed by atoms with Crippen molar-refractivity contribution >= 4 is 17.5 Å². The van der Waals surface area contributed by atoms with Crippen LogP contribution in [0, 0.1) is 0 Å². The van der Waals surface area contributed by atoms with E-state index in [1.165, 1.54) is 4.90 Å². The molecule has 0 aromatic heterocycles. The summed E-state index contributed by atoms with van der Waals surface area (Å²) in [4.78, 5) is 26.6. The van der Waals surface area contributed by atoms with E-state index >= 15 is 0 Å². The number of hydrogen-bond donors (Lipinski definition) is 2. The van der Waals surface area contributed by atoms with Crippen LogP contribution in [0.5, 0.6) is 0 Å². The van der Waals surface area contributed by atoms with Crippen LogP contribution >= 0.6 is 0 Å². The monoisotopic (exact) mass is 336 g/mol. The summed E-state index contributed by atoms with van der Waals surface area (Å²) in [5.74, 6) is -0.602. The molecular weight excluding hydrogens is 316 g/mol. The topological polar surface area (TPSA) is 69.6 Å². The molecule has 2 aromatic carbocycles. The van der Waals surface area contributed by atoms with Gasteiger partial charge in [0.25, 0.3) is 11.8 Å². The predicted molar refractivity (Wildman–Crippen MR) is 94.4 cm³/mol. The normalized spacial score (nSPS) is 25.8. The van der Waals surface area contributed by atoms with Crippen molar-refractivity contribution in [1.82, 2.24) is 4.90 Å². The van der Waals surface area contributed by atoms with Crippen molar-refractivity contribution in [3.05, 3.63) is 65.7 Å². The Morgan fingerprint density at radius 2 is 1.48 bits per heavy atom. The van der Waals surface area contributed by atoms with E-state index in [0.717, 1.165) is 12.1 Å². The molecule has 128 valence electrons.